The van der Waals surface area contributed by atoms with Gasteiger partial charge in [-0.25, -0.2) is 0 Å². The fraction of sp³-hybridized carbons (Fsp3) is 1.00. The molecule has 4 atom stereocenters. The van der Waals surface area contributed by atoms with Gasteiger partial charge < -0.3 is 0 Å². The van der Waals surface area contributed by atoms with E-state index in [4.69, 9.17) is 0 Å². The van der Waals surface area contributed by atoms with E-state index in [0.717, 1.165) is 12.8 Å². The summed E-state index contributed by atoms with van der Waals surface area (Å²) in [4.78, 5) is 2.21. The molecular weight excluding hydrogens is 624 g/mol. The van der Waals surface area contributed by atoms with Gasteiger partial charge in [0.05, 0.1) is 3.23 Å². The van der Waals surface area contributed by atoms with E-state index in [9.17, 15) is 0 Å². The summed E-state index contributed by atoms with van der Waals surface area (Å²) in [6.07, 6.45) is 8.46. The van der Waals surface area contributed by atoms with E-state index in [2.05, 4.69) is 95.6 Å². The van der Waals surface area contributed by atoms with Crippen LogP contribution in [0.2, 0.25) is 0 Å². The number of hydrogen-bond donors (Lipinski definition) is 0. The maximum absolute atomic E-state index is 3.83. The Morgan fingerprint density at radius 2 is 1.33 bits per heavy atom. The molecule has 0 amide bonds. The van der Waals surface area contributed by atoms with Gasteiger partial charge in [0.2, 0.25) is 0 Å². The monoisotopic (exact) mass is 636 g/mol. The quantitative estimate of drug-likeness (QED) is 0.244. The molecule has 1 aliphatic rings. The molecule has 1 aliphatic carbocycles. The van der Waals surface area contributed by atoms with Gasteiger partial charge in [-0.15, -0.1) is 0 Å². The van der Waals surface area contributed by atoms with E-state index >= 15 is 0 Å². The fourth-order valence-electron chi connectivity index (χ4n) is 2.07. The Bertz CT molecular complexity index is 245. The molecule has 108 valence electrons. The van der Waals surface area contributed by atoms with Gasteiger partial charge in [0.1, 0.15) is 0 Å². The van der Waals surface area contributed by atoms with Gasteiger partial charge in [-0.1, -0.05) is 102 Å². The van der Waals surface area contributed by atoms with Crippen LogP contribution in [0.25, 0.3) is 0 Å². The molecule has 0 N–H and O–H groups in total. The van der Waals surface area contributed by atoms with Gasteiger partial charge in [-0.2, -0.15) is 0 Å². The van der Waals surface area contributed by atoms with Crippen LogP contribution in [0.5, 0.6) is 0 Å². The second kappa shape index (κ2) is 9.12. The maximum Gasteiger partial charge on any atom is 0.0930 e. The smallest absolute Gasteiger partial charge is 0.0891 e. The van der Waals surface area contributed by atoms with E-state index in [-0.39, 0.29) is 3.23 Å². The van der Waals surface area contributed by atoms with Gasteiger partial charge in [0.25, 0.3) is 0 Å². The van der Waals surface area contributed by atoms with Crippen LogP contribution >= 0.6 is 95.6 Å². The Hall–Kier alpha value is 2.88. The molecule has 0 heterocycles. The van der Waals surface area contributed by atoms with Crippen LogP contribution in [-0.2, 0) is 0 Å². The van der Waals surface area contributed by atoms with Crippen LogP contribution in [0.15, 0.2) is 0 Å². The van der Waals surface area contributed by atoms with Crippen LogP contribution in [0.3, 0.4) is 0 Å². The van der Waals surface area contributed by atoms with Crippen LogP contribution < -0.4 is 0 Å². The molecule has 1 saturated carbocycles. The van der Waals surface area contributed by atoms with Crippen molar-refractivity contribution in [2.45, 2.75) is 67.5 Å². The number of rotatable bonds is 0. The molecule has 1 fully saturated rings. The first kappa shape index (κ1) is 18.9. The predicted octanol–water partition coefficient (Wildman–Crippen LogP) is 7.27. The first-order valence-corrected chi connectivity index (χ1v) is 11.5. The largest absolute Gasteiger partial charge is 0.0930 e. The van der Waals surface area contributed by atoms with Gasteiger partial charge in [0.15, 0.2) is 0 Å². The van der Waals surface area contributed by atoms with E-state index in [1.807, 2.05) is 0 Å². The third-order valence-corrected chi connectivity index (χ3v) is 11.5. The molecule has 0 spiro atoms. The molecule has 0 aromatic heterocycles. The molecule has 0 radical (unpaired) electrons. The summed E-state index contributed by atoms with van der Waals surface area (Å²) in [5.41, 5.74) is 0. The first-order valence-electron chi connectivity index (χ1n) is 6.27. The van der Waals surface area contributed by atoms with Gasteiger partial charge in [-0.3, -0.25) is 0 Å². The van der Waals surface area contributed by atoms with Crippen molar-refractivity contribution in [3.8, 4) is 0 Å². The zero-order chi connectivity index (χ0) is 13.8. The molecule has 0 aliphatic heterocycles. The summed E-state index contributed by atoms with van der Waals surface area (Å²) < 4.78 is 0.00462. The molecule has 1 rings (SSSR count). The lowest BCUT2D eigenvalue weighted by atomic mass is 10.0. The van der Waals surface area contributed by atoms with Crippen LogP contribution in [0, 0.1) is 0 Å². The summed E-state index contributed by atoms with van der Waals surface area (Å²) in [5, 5.41) is 0. The van der Waals surface area contributed by atoms with Crippen molar-refractivity contribution in [2.75, 3.05) is 0 Å². The lowest BCUT2D eigenvalue weighted by Crippen LogP contribution is -2.28. The Balaban J connectivity index is 2.64. The second-order valence-corrected chi connectivity index (χ2v) is 13.6. The topological polar surface area (TPSA) is 0 Å². The van der Waals surface area contributed by atoms with E-state index in [1.54, 1.807) is 0 Å². The van der Waals surface area contributed by atoms with Crippen molar-refractivity contribution < 1.29 is 0 Å². The highest BCUT2D eigenvalue weighted by Gasteiger charge is 2.33. The Morgan fingerprint density at radius 1 is 0.722 bits per heavy atom. The highest BCUT2D eigenvalue weighted by molar-refractivity contribution is 9.26. The fourth-order valence-corrected chi connectivity index (χ4v) is 5.14. The number of halogens is 6. The number of alkyl halides is 6. The first-order chi connectivity index (χ1) is 8.33. The van der Waals surface area contributed by atoms with Crippen molar-refractivity contribution in [1.29, 1.82) is 0 Å². The zero-order valence-electron chi connectivity index (χ0n) is 10.0. The zero-order valence-corrected chi connectivity index (χ0v) is 19.5. The average molecular weight is 642 g/mol. The van der Waals surface area contributed by atoms with Gasteiger partial charge >= 0.3 is 0 Å². The summed E-state index contributed by atoms with van der Waals surface area (Å²) in [6, 6.07) is 0. The molecule has 18 heavy (non-hydrogen) atoms. The third kappa shape index (κ3) is 6.76. The van der Waals surface area contributed by atoms with Gasteiger partial charge in [-0.05, 0) is 38.5 Å². The number of hydrogen-bond acceptors (Lipinski definition) is 0. The summed E-state index contributed by atoms with van der Waals surface area (Å²) in [7, 11) is 0. The minimum atomic E-state index is 0.00462. The third-order valence-electron chi connectivity index (χ3n) is 3.33. The highest BCUT2D eigenvalue weighted by Crippen LogP contribution is 2.43. The minimum absolute atomic E-state index is 0.00462. The molecule has 0 saturated heterocycles. The SMILES string of the molecule is BrC1CCCC(Br)C(Br)CCC(Br)(Br)C(Br)CC1. The van der Waals surface area contributed by atoms with Crippen molar-refractivity contribution in [1.82, 2.24) is 0 Å². The normalized spacial score (nSPS) is 39.7. The summed E-state index contributed by atoms with van der Waals surface area (Å²) in [6.45, 7) is 0. The van der Waals surface area contributed by atoms with E-state index < -0.39 is 0 Å². The van der Waals surface area contributed by atoms with Crippen molar-refractivity contribution >= 4 is 95.6 Å². The predicted molar refractivity (Wildman–Crippen MR) is 104 cm³/mol. The molecule has 0 aromatic carbocycles. The standard InChI is InChI=1S/C12H18Br6/c13-8-2-1-3-9(14)10(15)6-7-12(17,18)11(16)5-4-8/h8-11H,1-7H2. The Kier molecular flexibility index (Phi) is 9.59. The summed E-state index contributed by atoms with van der Waals surface area (Å²) >= 11 is 22.9. The molecule has 4 unspecified atom stereocenters. The van der Waals surface area contributed by atoms with E-state index in [1.165, 1.54) is 32.1 Å². The molecule has 0 bridgehead atoms. The molecule has 6 heteroatoms. The van der Waals surface area contributed by atoms with Crippen molar-refractivity contribution in [3.63, 3.8) is 0 Å². The highest BCUT2D eigenvalue weighted by atomic mass is 79.9. The van der Waals surface area contributed by atoms with Crippen LogP contribution in [0.1, 0.15) is 44.9 Å². The molecular formula is C12H18Br6. The second-order valence-electron chi connectivity index (χ2n) is 4.90. The lowest BCUT2D eigenvalue weighted by Gasteiger charge is -2.30. The van der Waals surface area contributed by atoms with E-state index in [0.29, 0.717) is 19.3 Å². The summed E-state index contributed by atoms with van der Waals surface area (Å²) in [5.74, 6) is 0. The Morgan fingerprint density at radius 3 is 2.00 bits per heavy atom. The Labute approximate surface area is 161 Å². The molecule has 0 nitrogen and oxygen atoms in total. The average Bonchev–Trinajstić information content (AvgIpc) is 2.31. The maximum atomic E-state index is 3.83. The van der Waals surface area contributed by atoms with Crippen LogP contribution in [0.4, 0.5) is 0 Å². The van der Waals surface area contributed by atoms with Gasteiger partial charge in [0, 0.05) is 19.3 Å². The van der Waals surface area contributed by atoms with Crippen molar-refractivity contribution in [3.05, 3.63) is 0 Å². The van der Waals surface area contributed by atoms with Crippen LogP contribution in [-0.4, -0.2) is 22.5 Å². The molecule has 0 aromatic rings. The van der Waals surface area contributed by atoms with Crippen molar-refractivity contribution in [2.24, 2.45) is 0 Å². The lowest BCUT2D eigenvalue weighted by molar-refractivity contribution is 0.538. The minimum Gasteiger partial charge on any atom is -0.0891 e.